The number of aromatic nitrogens is 2. The Labute approximate surface area is 161 Å². The Morgan fingerprint density at radius 3 is 2.74 bits per heavy atom. The van der Waals surface area contributed by atoms with Gasteiger partial charge in [-0.05, 0) is 54.1 Å². The third-order valence-electron chi connectivity index (χ3n) is 4.43. The van der Waals surface area contributed by atoms with Gasteiger partial charge in [0.2, 0.25) is 5.91 Å². The molecule has 27 heavy (non-hydrogen) atoms. The van der Waals surface area contributed by atoms with Gasteiger partial charge >= 0.3 is 0 Å². The molecule has 3 aromatic carbocycles. The molecule has 1 amide bonds. The number of carbonyl (C=O) groups is 1. The fraction of sp³-hybridized carbons (Fsp3) is 0.0476. The fourth-order valence-corrected chi connectivity index (χ4v) is 3.27. The maximum Gasteiger partial charge on any atom is 0.248 e. The number of methoxy groups -OCH3 is 1. The average molecular weight is 378 g/mol. The van der Waals surface area contributed by atoms with E-state index in [9.17, 15) is 4.79 Å². The zero-order chi connectivity index (χ0) is 19.0. The van der Waals surface area contributed by atoms with Crippen LogP contribution >= 0.6 is 11.6 Å². The molecule has 0 saturated heterocycles. The van der Waals surface area contributed by atoms with Crippen LogP contribution in [-0.4, -0.2) is 22.6 Å². The number of rotatable bonds is 4. The van der Waals surface area contributed by atoms with Crippen molar-refractivity contribution in [3.8, 4) is 22.6 Å². The topological polar surface area (TPSA) is 70.1 Å². The molecular weight excluding hydrogens is 362 g/mol. The van der Waals surface area contributed by atoms with Gasteiger partial charge in [0.15, 0.2) is 0 Å². The van der Waals surface area contributed by atoms with E-state index in [-0.39, 0.29) is 0 Å². The van der Waals surface area contributed by atoms with Gasteiger partial charge < -0.3 is 10.5 Å². The Morgan fingerprint density at radius 2 is 1.96 bits per heavy atom. The number of imidazole rings is 1. The van der Waals surface area contributed by atoms with Crippen LogP contribution in [0.15, 0.2) is 67.0 Å². The molecule has 0 spiro atoms. The number of primary amides is 1. The molecule has 0 aliphatic rings. The molecule has 1 aromatic heterocycles. The summed E-state index contributed by atoms with van der Waals surface area (Å²) in [7, 11) is 1.64. The van der Waals surface area contributed by atoms with Crippen molar-refractivity contribution in [3.63, 3.8) is 0 Å². The number of hydrogen-bond donors (Lipinski definition) is 1. The van der Waals surface area contributed by atoms with Crippen LogP contribution in [0.25, 0.3) is 27.8 Å². The number of carbonyl (C=O) groups excluding carboxylic acids is 1. The first-order valence-corrected chi connectivity index (χ1v) is 8.66. The molecular formula is C21H16ClN3O2. The molecule has 0 aliphatic heterocycles. The number of halogens is 1. The molecule has 2 N–H and O–H groups in total. The lowest BCUT2D eigenvalue weighted by atomic mass is 10.0. The highest BCUT2D eigenvalue weighted by Gasteiger charge is 2.11. The molecule has 1 heterocycles. The van der Waals surface area contributed by atoms with E-state index in [4.69, 9.17) is 22.1 Å². The van der Waals surface area contributed by atoms with Crippen molar-refractivity contribution in [3.05, 3.63) is 77.6 Å². The summed E-state index contributed by atoms with van der Waals surface area (Å²) in [6, 6.07) is 18.8. The maximum absolute atomic E-state index is 11.4. The minimum atomic E-state index is -0.471. The smallest absolute Gasteiger partial charge is 0.248 e. The summed E-state index contributed by atoms with van der Waals surface area (Å²) >= 11 is 6.17. The second kappa shape index (κ2) is 6.78. The molecule has 4 aromatic rings. The van der Waals surface area contributed by atoms with Gasteiger partial charge in [-0.1, -0.05) is 23.7 Å². The first-order chi connectivity index (χ1) is 13.1. The standard InChI is InChI=1S/C21H16ClN3O2/c1-27-20-8-6-15(22)11-17(20)13-3-2-4-16(9-13)25-12-24-18-10-14(21(23)26)5-7-19(18)25/h2-12H,1H3,(H2,23,26). The summed E-state index contributed by atoms with van der Waals surface area (Å²) in [5.41, 5.74) is 10.2. The van der Waals surface area contributed by atoms with Crippen LogP contribution in [0, 0.1) is 0 Å². The van der Waals surface area contributed by atoms with Crippen molar-refractivity contribution in [1.82, 2.24) is 9.55 Å². The third-order valence-corrected chi connectivity index (χ3v) is 4.66. The van der Waals surface area contributed by atoms with E-state index in [1.54, 1.807) is 31.6 Å². The van der Waals surface area contributed by atoms with Crippen LogP contribution in [0.3, 0.4) is 0 Å². The molecule has 0 saturated carbocycles. The Morgan fingerprint density at radius 1 is 1.11 bits per heavy atom. The van der Waals surface area contributed by atoms with Crippen LogP contribution in [0.1, 0.15) is 10.4 Å². The van der Waals surface area contributed by atoms with Crippen LogP contribution in [0.5, 0.6) is 5.75 Å². The summed E-state index contributed by atoms with van der Waals surface area (Å²) < 4.78 is 7.43. The van der Waals surface area contributed by atoms with Crippen molar-refractivity contribution < 1.29 is 9.53 Å². The number of fused-ring (bicyclic) bond motifs is 1. The van der Waals surface area contributed by atoms with E-state index in [1.165, 1.54) is 0 Å². The SMILES string of the molecule is COc1ccc(Cl)cc1-c1cccc(-n2cnc3cc(C(N)=O)ccc32)c1. The molecule has 6 heteroatoms. The number of amides is 1. The van der Waals surface area contributed by atoms with Gasteiger partial charge in [-0.15, -0.1) is 0 Å². The highest BCUT2D eigenvalue weighted by molar-refractivity contribution is 6.31. The average Bonchev–Trinajstić information content (AvgIpc) is 3.11. The lowest BCUT2D eigenvalue weighted by Crippen LogP contribution is -2.10. The number of nitrogens with zero attached hydrogens (tertiary/aromatic N) is 2. The van der Waals surface area contributed by atoms with Gasteiger partial charge in [0.25, 0.3) is 0 Å². The predicted octanol–water partition coefficient (Wildman–Crippen LogP) is 4.45. The summed E-state index contributed by atoms with van der Waals surface area (Å²) in [5, 5.41) is 0.642. The predicted molar refractivity (Wildman–Crippen MR) is 107 cm³/mol. The van der Waals surface area contributed by atoms with Gasteiger partial charge in [0, 0.05) is 21.8 Å². The molecule has 0 aliphatic carbocycles. The summed E-state index contributed by atoms with van der Waals surface area (Å²) in [4.78, 5) is 15.8. The Balaban J connectivity index is 1.83. The van der Waals surface area contributed by atoms with Crippen LogP contribution < -0.4 is 10.5 Å². The highest BCUT2D eigenvalue weighted by atomic mass is 35.5. The monoisotopic (exact) mass is 377 g/mol. The lowest BCUT2D eigenvalue weighted by Gasteiger charge is -2.11. The maximum atomic E-state index is 11.4. The van der Waals surface area contributed by atoms with Crippen molar-refractivity contribution in [2.75, 3.05) is 7.11 Å². The highest BCUT2D eigenvalue weighted by Crippen LogP contribution is 2.33. The normalized spacial score (nSPS) is 10.9. The number of benzene rings is 3. The Hall–Kier alpha value is -3.31. The van der Waals surface area contributed by atoms with Gasteiger partial charge in [-0.25, -0.2) is 4.98 Å². The van der Waals surface area contributed by atoms with E-state index < -0.39 is 5.91 Å². The first-order valence-electron chi connectivity index (χ1n) is 8.28. The van der Waals surface area contributed by atoms with Crippen molar-refractivity contribution >= 4 is 28.5 Å². The van der Waals surface area contributed by atoms with Gasteiger partial charge in [-0.3, -0.25) is 9.36 Å². The molecule has 5 nitrogen and oxygen atoms in total. The van der Waals surface area contributed by atoms with Crippen molar-refractivity contribution in [2.45, 2.75) is 0 Å². The summed E-state index contributed by atoms with van der Waals surface area (Å²) in [6.07, 6.45) is 1.73. The van der Waals surface area contributed by atoms with Gasteiger partial charge in [0.05, 0.1) is 18.1 Å². The molecule has 0 fully saturated rings. The van der Waals surface area contributed by atoms with E-state index in [2.05, 4.69) is 4.98 Å². The van der Waals surface area contributed by atoms with E-state index in [1.807, 2.05) is 47.0 Å². The van der Waals surface area contributed by atoms with Crippen molar-refractivity contribution in [1.29, 1.82) is 0 Å². The molecule has 134 valence electrons. The molecule has 4 rings (SSSR count). The largest absolute Gasteiger partial charge is 0.496 e. The Bertz CT molecular complexity index is 1170. The minimum absolute atomic E-state index is 0.435. The Kier molecular flexibility index (Phi) is 4.30. The van der Waals surface area contributed by atoms with E-state index in [0.29, 0.717) is 16.1 Å². The van der Waals surface area contributed by atoms with Crippen LogP contribution in [0.4, 0.5) is 0 Å². The molecule has 0 atom stereocenters. The van der Waals surface area contributed by atoms with Crippen molar-refractivity contribution in [2.24, 2.45) is 5.73 Å². The second-order valence-corrected chi connectivity index (χ2v) is 6.51. The second-order valence-electron chi connectivity index (χ2n) is 6.08. The van der Waals surface area contributed by atoms with Crippen LogP contribution in [0.2, 0.25) is 5.02 Å². The summed E-state index contributed by atoms with van der Waals surface area (Å²) in [5.74, 6) is 0.277. The third kappa shape index (κ3) is 3.13. The summed E-state index contributed by atoms with van der Waals surface area (Å²) in [6.45, 7) is 0. The van der Waals surface area contributed by atoms with E-state index >= 15 is 0 Å². The van der Waals surface area contributed by atoms with E-state index in [0.717, 1.165) is 28.1 Å². The quantitative estimate of drug-likeness (QED) is 0.571. The molecule has 0 bridgehead atoms. The van der Waals surface area contributed by atoms with Crippen LogP contribution in [-0.2, 0) is 0 Å². The number of nitrogens with two attached hydrogens (primary N) is 1. The number of ether oxygens (including phenoxy) is 1. The minimum Gasteiger partial charge on any atom is -0.496 e. The van der Waals surface area contributed by atoms with Gasteiger partial charge in [-0.2, -0.15) is 0 Å². The zero-order valence-corrected chi connectivity index (χ0v) is 15.3. The molecule has 0 radical (unpaired) electrons. The lowest BCUT2D eigenvalue weighted by molar-refractivity contribution is 0.100. The first kappa shape index (κ1) is 17.1. The molecule has 0 unspecified atom stereocenters. The zero-order valence-electron chi connectivity index (χ0n) is 14.5. The van der Waals surface area contributed by atoms with Gasteiger partial charge in [0.1, 0.15) is 12.1 Å². The number of hydrogen-bond acceptors (Lipinski definition) is 3. The fourth-order valence-electron chi connectivity index (χ4n) is 3.10.